The minimum Gasteiger partial charge on any atom is -0.492 e. The molecule has 0 saturated heterocycles. The molecule has 0 unspecified atom stereocenters. The van der Waals surface area contributed by atoms with Gasteiger partial charge in [-0.25, -0.2) is 18.6 Å². The van der Waals surface area contributed by atoms with Crippen LogP contribution in [0, 0.1) is 11.6 Å². The molecule has 0 aliphatic carbocycles. The highest BCUT2D eigenvalue weighted by Gasteiger charge is 2.21. The highest BCUT2D eigenvalue weighted by atomic mass is 19.1. The van der Waals surface area contributed by atoms with E-state index in [0.29, 0.717) is 31.9 Å². The SMILES string of the molecule is Cn1nc(N[C@@H](CCN(CCCCc2ccc3c(n2)NCCC3)CCOc2cc(F)cc(F)c2)C(=O)O)c2ccccc21. The number of carboxylic acid groups (broad SMARTS) is 1. The van der Waals surface area contributed by atoms with Crippen LogP contribution in [0.5, 0.6) is 5.75 Å². The molecule has 3 heterocycles. The van der Waals surface area contributed by atoms with Gasteiger partial charge in [-0.15, -0.1) is 0 Å². The Morgan fingerprint density at radius 1 is 1.12 bits per heavy atom. The fraction of sp³-hybridized carbons (Fsp3) is 0.406. The molecule has 0 bridgehead atoms. The number of anilines is 2. The number of para-hydroxylation sites is 1. The lowest BCUT2D eigenvalue weighted by molar-refractivity contribution is -0.138. The van der Waals surface area contributed by atoms with E-state index < -0.39 is 23.6 Å². The summed E-state index contributed by atoms with van der Waals surface area (Å²) in [5, 5.41) is 21.8. The Bertz CT molecular complexity index is 1520. The van der Waals surface area contributed by atoms with Crippen LogP contribution >= 0.6 is 0 Å². The van der Waals surface area contributed by atoms with E-state index >= 15 is 0 Å². The van der Waals surface area contributed by atoms with Gasteiger partial charge in [0.25, 0.3) is 0 Å². The number of rotatable bonds is 15. The van der Waals surface area contributed by atoms with Gasteiger partial charge < -0.3 is 20.5 Å². The lowest BCUT2D eigenvalue weighted by atomic mass is 10.1. The number of ether oxygens (including phenoxy) is 1. The number of halogens is 2. The molecule has 1 atom stereocenters. The second kappa shape index (κ2) is 14.3. The topological polar surface area (TPSA) is 105 Å². The summed E-state index contributed by atoms with van der Waals surface area (Å²) in [5.74, 6) is -0.722. The number of aliphatic carboxylic acids is 1. The van der Waals surface area contributed by atoms with Crippen LogP contribution in [-0.4, -0.2) is 69.6 Å². The van der Waals surface area contributed by atoms with Gasteiger partial charge in [-0.05, 0) is 68.8 Å². The number of nitrogens with zero attached hydrogens (tertiary/aromatic N) is 4. The van der Waals surface area contributed by atoms with Crippen LogP contribution in [0.2, 0.25) is 0 Å². The van der Waals surface area contributed by atoms with E-state index in [-0.39, 0.29) is 12.4 Å². The molecule has 11 heteroatoms. The summed E-state index contributed by atoms with van der Waals surface area (Å²) in [4.78, 5) is 19.1. The van der Waals surface area contributed by atoms with E-state index in [1.807, 2.05) is 31.3 Å². The van der Waals surface area contributed by atoms with Crippen LogP contribution in [0.1, 0.15) is 36.9 Å². The second-order valence-electron chi connectivity index (χ2n) is 10.9. The third-order valence-corrected chi connectivity index (χ3v) is 7.72. The zero-order chi connectivity index (χ0) is 30.2. The Morgan fingerprint density at radius 2 is 1.93 bits per heavy atom. The van der Waals surface area contributed by atoms with Crippen LogP contribution in [0.3, 0.4) is 0 Å². The third-order valence-electron chi connectivity index (χ3n) is 7.72. The summed E-state index contributed by atoms with van der Waals surface area (Å²) in [6, 6.07) is 14.2. The van der Waals surface area contributed by atoms with Gasteiger partial charge in [-0.2, -0.15) is 5.10 Å². The lowest BCUT2D eigenvalue weighted by Gasteiger charge is -2.24. The monoisotopic (exact) mass is 592 g/mol. The quantitative estimate of drug-likeness (QED) is 0.161. The number of nitrogens with one attached hydrogen (secondary N) is 2. The maximum Gasteiger partial charge on any atom is 0.326 e. The number of hydrogen-bond acceptors (Lipinski definition) is 7. The van der Waals surface area contributed by atoms with Crippen molar-refractivity contribution in [2.45, 2.75) is 44.6 Å². The average Bonchev–Trinajstić information content (AvgIpc) is 3.31. The first-order chi connectivity index (χ1) is 20.9. The van der Waals surface area contributed by atoms with Crippen molar-refractivity contribution in [1.82, 2.24) is 19.7 Å². The Morgan fingerprint density at radius 3 is 2.74 bits per heavy atom. The molecule has 2 aromatic carbocycles. The predicted molar refractivity (Wildman–Crippen MR) is 163 cm³/mol. The Balaban J connectivity index is 1.19. The van der Waals surface area contributed by atoms with Crippen LogP contribution in [0.25, 0.3) is 10.9 Å². The number of aryl methyl sites for hydroxylation is 3. The fourth-order valence-corrected chi connectivity index (χ4v) is 5.44. The zero-order valence-corrected chi connectivity index (χ0v) is 24.4. The molecule has 0 radical (unpaired) electrons. The number of hydrogen-bond donors (Lipinski definition) is 3. The molecular formula is C32H38F2N6O3. The number of carbonyl (C=O) groups is 1. The molecule has 228 valence electrons. The van der Waals surface area contributed by atoms with Crippen molar-refractivity contribution in [2.24, 2.45) is 7.05 Å². The smallest absolute Gasteiger partial charge is 0.326 e. The van der Waals surface area contributed by atoms with Crippen molar-refractivity contribution >= 4 is 28.5 Å². The van der Waals surface area contributed by atoms with Crippen molar-refractivity contribution in [3.63, 3.8) is 0 Å². The van der Waals surface area contributed by atoms with Crippen molar-refractivity contribution in [3.8, 4) is 5.75 Å². The largest absolute Gasteiger partial charge is 0.492 e. The summed E-state index contributed by atoms with van der Waals surface area (Å²) in [7, 11) is 1.83. The van der Waals surface area contributed by atoms with Crippen molar-refractivity contribution in [2.75, 3.05) is 43.4 Å². The average molecular weight is 593 g/mol. The Labute approximate surface area is 249 Å². The van der Waals surface area contributed by atoms with Gasteiger partial charge in [0.05, 0.1) is 5.52 Å². The van der Waals surface area contributed by atoms with Crippen LogP contribution in [-0.2, 0) is 24.7 Å². The highest BCUT2D eigenvalue weighted by molar-refractivity contribution is 5.91. The number of pyridine rings is 1. The first kappa shape index (κ1) is 30.2. The standard InChI is InChI=1S/C32H38F2N6O3/c1-39-29-10-3-2-9-27(29)31(38-39)37-28(32(41)42)13-16-40(17-18-43-26-20-23(33)19-24(34)21-26)15-5-4-8-25-12-11-22-7-6-14-35-30(22)36-25/h2-3,9-12,19-21,28H,4-8,13-18H2,1H3,(H,35,36)(H,37,38)(H,41,42)/t28-/m0/s1. The lowest BCUT2D eigenvalue weighted by Crippen LogP contribution is -2.37. The summed E-state index contributed by atoms with van der Waals surface area (Å²) in [6.07, 6.45) is 5.13. The Hall–Kier alpha value is -4.25. The molecule has 3 N–H and O–H groups in total. The molecule has 2 aromatic heterocycles. The van der Waals surface area contributed by atoms with E-state index in [1.165, 1.54) is 5.56 Å². The summed E-state index contributed by atoms with van der Waals surface area (Å²) in [6.45, 7) is 2.82. The normalized spacial score (nSPS) is 13.5. The van der Waals surface area contributed by atoms with E-state index in [0.717, 1.165) is 79.3 Å². The first-order valence-corrected chi connectivity index (χ1v) is 14.8. The van der Waals surface area contributed by atoms with Gasteiger partial charge in [0.1, 0.15) is 35.9 Å². The third kappa shape index (κ3) is 8.19. The summed E-state index contributed by atoms with van der Waals surface area (Å²) < 4.78 is 34.6. The number of carboxylic acids is 1. The molecule has 0 saturated carbocycles. The molecule has 4 aromatic rings. The maximum atomic E-state index is 13.6. The maximum absolute atomic E-state index is 13.6. The van der Waals surface area contributed by atoms with Gasteiger partial charge in [0.15, 0.2) is 5.82 Å². The molecule has 5 rings (SSSR count). The summed E-state index contributed by atoms with van der Waals surface area (Å²) >= 11 is 0. The number of aromatic nitrogens is 3. The van der Waals surface area contributed by atoms with E-state index in [9.17, 15) is 18.7 Å². The van der Waals surface area contributed by atoms with Crippen LogP contribution in [0.15, 0.2) is 54.6 Å². The number of fused-ring (bicyclic) bond motifs is 2. The minimum atomic E-state index is -0.965. The zero-order valence-electron chi connectivity index (χ0n) is 24.4. The first-order valence-electron chi connectivity index (χ1n) is 14.8. The highest BCUT2D eigenvalue weighted by Crippen LogP contribution is 2.23. The number of benzene rings is 2. The van der Waals surface area contributed by atoms with Gasteiger partial charge in [0.2, 0.25) is 0 Å². The van der Waals surface area contributed by atoms with Crippen molar-refractivity contribution < 1.29 is 23.4 Å². The number of unbranched alkanes of at least 4 members (excludes halogenated alkanes) is 1. The van der Waals surface area contributed by atoms with E-state index in [2.05, 4.69) is 32.8 Å². The van der Waals surface area contributed by atoms with Gasteiger partial charge in [-0.1, -0.05) is 18.2 Å². The van der Waals surface area contributed by atoms with Crippen LogP contribution in [0.4, 0.5) is 20.4 Å². The molecule has 43 heavy (non-hydrogen) atoms. The molecule has 0 spiro atoms. The van der Waals surface area contributed by atoms with Crippen LogP contribution < -0.4 is 15.4 Å². The summed E-state index contributed by atoms with van der Waals surface area (Å²) in [5.41, 5.74) is 3.22. The Kier molecular flexibility index (Phi) is 10.0. The molecular weight excluding hydrogens is 554 g/mol. The molecule has 0 fully saturated rings. The second-order valence-corrected chi connectivity index (χ2v) is 10.9. The predicted octanol–water partition coefficient (Wildman–Crippen LogP) is 5.26. The van der Waals surface area contributed by atoms with E-state index in [1.54, 1.807) is 4.68 Å². The molecule has 1 aliphatic heterocycles. The van der Waals surface area contributed by atoms with Gasteiger partial charge in [-0.3, -0.25) is 9.58 Å². The minimum absolute atomic E-state index is 0.122. The van der Waals surface area contributed by atoms with Gasteiger partial charge >= 0.3 is 5.97 Å². The van der Waals surface area contributed by atoms with E-state index in [4.69, 9.17) is 9.72 Å². The van der Waals surface area contributed by atoms with Crippen molar-refractivity contribution in [1.29, 1.82) is 0 Å². The fourth-order valence-electron chi connectivity index (χ4n) is 5.44. The molecule has 0 amide bonds. The molecule has 9 nitrogen and oxygen atoms in total. The van der Waals surface area contributed by atoms with Gasteiger partial charge in [0, 0.05) is 56.0 Å². The van der Waals surface area contributed by atoms with Crippen molar-refractivity contribution in [3.05, 3.63) is 77.5 Å². The molecule has 1 aliphatic rings.